The van der Waals surface area contributed by atoms with Gasteiger partial charge in [0.25, 0.3) is 0 Å². The van der Waals surface area contributed by atoms with Crippen LogP contribution in [-0.4, -0.2) is 47.4 Å². The zero-order valence-electron chi connectivity index (χ0n) is 13.1. The summed E-state index contributed by atoms with van der Waals surface area (Å²) in [6.45, 7) is 6.66. The Morgan fingerprint density at radius 2 is 1.95 bits per heavy atom. The lowest BCUT2D eigenvalue weighted by atomic mass is 9.96. The molecular formula is C15H28N2O2S. The quantitative estimate of drug-likeness (QED) is 0.700. The van der Waals surface area contributed by atoms with Crippen molar-refractivity contribution in [2.75, 3.05) is 18.6 Å². The van der Waals surface area contributed by atoms with E-state index in [1.165, 1.54) is 12.2 Å². The predicted molar refractivity (Wildman–Crippen MR) is 84.8 cm³/mol. The van der Waals surface area contributed by atoms with Crippen molar-refractivity contribution in [2.45, 2.75) is 58.5 Å². The van der Waals surface area contributed by atoms with Gasteiger partial charge in [-0.15, -0.1) is 0 Å². The molecule has 1 rings (SSSR count). The second-order valence-electron chi connectivity index (χ2n) is 5.74. The van der Waals surface area contributed by atoms with Crippen LogP contribution < -0.4 is 5.32 Å². The highest BCUT2D eigenvalue weighted by molar-refractivity contribution is 7.98. The van der Waals surface area contributed by atoms with Crippen LogP contribution in [0.4, 0.5) is 0 Å². The van der Waals surface area contributed by atoms with Gasteiger partial charge in [0.2, 0.25) is 11.8 Å². The first-order chi connectivity index (χ1) is 9.52. The van der Waals surface area contributed by atoms with Gasteiger partial charge in [0.15, 0.2) is 0 Å². The van der Waals surface area contributed by atoms with Crippen LogP contribution >= 0.6 is 11.8 Å². The highest BCUT2D eigenvalue weighted by Crippen LogP contribution is 2.19. The fourth-order valence-corrected chi connectivity index (χ4v) is 3.18. The van der Waals surface area contributed by atoms with Gasteiger partial charge in [-0.1, -0.05) is 27.2 Å². The number of nitrogens with one attached hydrogen (secondary N) is 1. The van der Waals surface area contributed by atoms with E-state index in [0.29, 0.717) is 13.0 Å². The molecular weight excluding hydrogens is 272 g/mol. The van der Waals surface area contributed by atoms with E-state index in [4.69, 9.17) is 0 Å². The van der Waals surface area contributed by atoms with E-state index in [1.54, 1.807) is 0 Å². The number of unbranched alkanes of at least 4 members (excludes halogenated alkanes) is 2. The number of carbonyl (C=O) groups is 2. The van der Waals surface area contributed by atoms with Gasteiger partial charge < -0.3 is 10.2 Å². The SMILES string of the molecule is CCC1NC(=O)C(C(C)C)N(CCCCCSC)C1=O. The summed E-state index contributed by atoms with van der Waals surface area (Å²) in [5.41, 5.74) is 0. The van der Waals surface area contributed by atoms with Crippen LogP contribution in [0.2, 0.25) is 0 Å². The zero-order valence-corrected chi connectivity index (χ0v) is 14.0. The van der Waals surface area contributed by atoms with E-state index in [0.717, 1.165) is 12.8 Å². The molecule has 0 aromatic carbocycles. The molecule has 1 N–H and O–H groups in total. The number of thioether (sulfide) groups is 1. The zero-order chi connectivity index (χ0) is 15.1. The number of nitrogens with zero attached hydrogens (tertiary/aromatic N) is 1. The third-order valence-electron chi connectivity index (χ3n) is 3.79. The molecule has 2 amide bonds. The average molecular weight is 300 g/mol. The molecule has 2 atom stereocenters. The lowest BCUT2D eigenvalue weighted by Crippen LogP contribution is -2.64. The molecule has 0 aromatic heterocycles. The van der Waals surface area contributed by atoms with Crippen molar-refractivity contribution in [1.29, 1.82) is 0 Å². The van der Waals surface area contributed by atoms with Crippen molar-refractivity contribution in [3.8, 4) is 0 Å². The van der Waals surface area contributed by atoms with Gasteiger partial charge in [-0.05, 0) is 37.2 Å². The van der Waals surface area contributed by atoms with E-state index >= 15 is 0 Å². The van der Waals surface area contributed by atoms with Crippen LogP contribution in [0, 0.1) is 5.92 Å². The molecule has 0 bridgehead atoms. The van der Waals surface area contributed by atoms with Gasteiger partial charge in [-0.25, -0.2) is 0 Å². The normalized spacial score (nSPS) is 23.4. The summed E-state index contributed by atoms with van der Waals surface area (Å²) in [6, 6.07) is -0.630. The van der Waals surface area contributed by atoms with Gasteiger partial charge in [-0.3, -0.25) is 9.59 Å². The summed E-state index contributed by atoms with van der Waals surface area (Å²) in [7, 11) is 0. The van der Waals surface area contributed by atoms with Crippen LogP contribution in [0.5, 0.6) is 0 Å². The fraction of sp³-hybridized carbons (Fsp3) is 0.867. The minimum atomic E-state index is -0.330. The smallest absolute Gasteiger partial charge is 0.245 e. The average Bonchev–Trinajstić information content (AvgIpc) is 2.41. The Morgan fingerprint density at radius 1 is 1.25 bits per heavy atom. The number of hydrogen-bond acceptors (Lipinski definition) is 3. The Bertz CT molecular complexity index is 334. The first-order valence-electron chi connectivity index (χ1n) is 7.62. The maximum absolute atomic E-state index is 12.4. The van der Waals surface area contributed by atoms with Gasteiger partial charge >= 0.3 is 0 Å². The van der Waals surface area contributed by atoms with Crippen molar-refractivity contribution in [3.63, 3.8) is 0 Å². The Hall–Kier alpha value is -0.710. The van der Waals surface area contributed by atoms with E-state index < -0.39 is 0 Å². The fourth-order valence-electron chi connectivity index (χ4n) is 2.69. The van der Waals surface area contributed by atoms with Gasteiger partial charge in [0.05, 0.1) is 0 Å². The predicted octanol–water partition coefficient (Wildman–Crippen LogP) is 2.28. The summed E-state index contributed by atoms with van der Waals surface area (Å²) in [5.74, 6) is 1.42. The molecule has 2 unspecified atom stereocenters. The first kappa shape index (κ1) is 17.3. The highest BCUT2D eigenvalue weighted by atomic mass is 32.2. The number of hydrogen-bond donors (Lipinski definition) is 1. The molecule has 1 saturated heterocycles. The molecule has 1 heterocycles. The minimum Gasteiger partial charge on any atom is -0.343 e. The van der Waals surface area contributed by atoms with Crippen LogP contribution in [-0.2, 0) is 9.59 Å². The van der Waals surface area contributed by atoms with Gasteiger partial charge in [0, 0.05) is 6.54 Å². The maximum atomic E-state index is 12.4. The minimum absolute atomic E-state index is 0.00978. The highest BCUT2D eigenvalue weighted by Gasteiger charge is 2.40. The van der Waals surface area contributed by atoms with Crippen LogP contribution in [0.15, 0.2) is 0 Å². The third kappa shape index (κ3) is 4.40. The Labute approximate surface area is 127 Å². The van der Waals surface area contributed by atoms with Crippen molar-refractivity contribution < 1.29 is 9.59 Å². The molecule has 5 heteroatoms. The van der Waals surface area contributed by atoms with Crippen LogP contribution in [0.25, 0.3) is 0 Å². The van der Waals surface area contributed by atoms with Crippen LogP contribution in [0.3, 0.4) is 0 Å². The molecule has 1 aliphatic rings. The van der Waals surface area contributed by atoms with Crippen LogP contribution in [0.1, 0.15) is 46.5 Å². The molecule has 1 aliphatic heterocycles. The summed E-state index contributed by atoms with van der Waals surface area (Å²) >= 11 is 1.85. The largest absolute Gasteiger partial charge is 0.343 e. The monoisotopic (exact) mass is 300 g/mol. The molecule has 0 aromatic rings. The van der Waals surface area contributed by atoms with Crippen molar-refractivity contribution in [2.24, 2.45) is 5.92 Å². The molecule has 0 spiro atoms. The van der Waals surface area contributed by atoms with E-state index in [2.05, 4.69) is 11.6 Å². The van der Waals surface area contributed by atoms with E-state index in [-0.39, 0.29) is 29.8 Å². The molecule has 116 valence electrons. The second kappa shape index (κ2) is 8.55. The standard InChI is InChI=1S/C15H28N2O2S/c1-5-12-15(19)17(9-7-6-8-10-20-4)13(11(2)3)14(18)16-12/h11-13H,5-10H2,1-4H3,(H,16,18). The summed E-state index contributed by atoms with van der Waals surface area (Å²) < 4.78 is 0. The Morgan fingerprint density at radius 3 is 2.50 bits per heavy atom. The van der Waals surface area contributed by atoms with Crippen molar-refractivity contribution >= 4 is 23.6 Å². The van der Waals surface area contributed by atoms with Gasteiger partial charge in [0.1, 0.15) is 12.1 Å². The first-order valence-corrected chi connectivity index (χ1v) is 9.02. The number of rotatable bonds is 8. The Kier molecular flexibility index (Phi) is 7.41. The van der Waals surface area contributed by atoms with Crippen molar-refractivity contribution in [1.82, 2.24) is 10.2 Å². The molecule has 0 radical (unpaired) electrons. The lowest BCUT2D eigenvalue weighted by molar-refractivity contribution is -0.151. The second-order valence-corrected chi connectivity index (χ2v) is 6.73. The van der Waals surface area contributed by atoms with Crippen molar-refractivity contribution in [3.05, 3.63) is 0 Å². The number of amides is 2. The lowest BCUT2D eigenvalue weighted by Gasteiger charge is -2.40. The molecule has 0 saturated carbocycles. The number of carbonyl (C=O) groups excluding carboxylic acids is 2. The molecule has 1 fully saturated rings. The summed E-state index contributed by atoms with van der Waals surface area (Å²) in [5, 5.41) is 2.85. The summed E-state index contributed by atoms with van der Waals surface area (Å²) in [6.07, 6.45) is 6.06. The van der Waals surface area contributed by atoms with Gasteiger partial charge in [-0.2, -0.15) is 11.8 Å². The topological polar surface area (TPSA) is 49.4 Å². The third-order valence-corrected chi connectivity index (χ3v) is 4.49. The molecule has 0 aliphatic carbocycles. The molecule has 4 nitrogen and oxygen atoms in total. The number of piperazine rings is 1. The van der Waals surface area contributed by atoms with E-state index in [1.807, 2.05) is 37.4 Å². The Balaban J connectivity index is 2.63. The summed E-state index contributed by atoms with van der Waals surface area (Å²) in [4.78, 5) is 26.4. The molecule has 20 heavy (non-hydrogen) atoms. The van der Waals surface area contributed by atoms with E-state index in [9.17, 15) is 9.59 Å². The maximum Gasteiger partial charge on any atom is 0.245 e.